The summed E-state index contributed by atoms with van der Waals surface area (Å²) in [7, 11) is 0. The molecule has 1 heterocycles. The number of para-hydroxylation sites is 2. The van der Waals surface area contributed by atoms with E-state index in [0.29, 0.717) is 10.7 Å². The van der Waals surface area contributed by atoms with Crippen molar-refractivity contribution in [1.82, 2.24) is 0 Å². The van der Waals surface area contributed by atoms with Crippen molar-refractivity contribution in [3.63, 3.8) is 0 Å². The minimum absolute atomic E-state index is 0.402. The zero-order chi connectivity index (χ0) is 13.1. The maximum atomic E-state index is 10.6. The summed E-state index contributed by atoms with van der Waals surface area (Å²) in [6.45, 7) is 0. The molecule has 0 aliphatic carbocycles. The van der Waals surface area contributed by atoms with Crippen LogP contribution in [-0.4, -0.2) is 23.3 Å². The highest BCUT2D eigenvalue weighted by Crippen LogP contribution is 2.13. The molecule has 0 atom stereocenters. The molecule has 2 rings (SSSR count). The number of carboxylic acid groups (broad SMARTS) is 1. The molecule has 0 bridgehead atoms. The quantitative estimate of drug-likeness (QED) is 0.731. The molecule has 2 amide bonds. The molecule has 0 radical (unpaired) electrons. The van der Waals surface area contributed by atoms with Gasteiger partial charge in [-0.3, -0.25) is 0 Å². The molecule has 1 aliphatic heterocycles. The van der Waals surface area contributed by atoms with Gasteiger partial charge in [-0.2, -0.15) is 23.2 Å². The Hall–Kier alpha value is -2.25. The standard InChI is InChI=1S/C7H4N2O.C2HF3O2/c10-7-8-5-3-1-2-4-6(5)9-7;3-2(4,5)1(6)7/h1-4H;(H,6,7). The lowest BCUT2D eigenvalue weighted by Gasteiger charge is -1.93. The van der Waals surface area contributed by atoms with E-state index in [1.54, 1.807) is 12.1 Å². The Morgan fingerprint density at radius 2 is 1.47 bits per heavy atom. The predicted molar refractivity (Wildman–Crippen MR) is 47.8 cm³/mol. The van der Waals surface area contributed by atoms with Gasteiger partial charge in [-0.05, 0) is 12.1 Å². The molecule has 0 saturated heterocycles. The topological polar surface area (TPSA) is 79.1 Å². The molecule has 1 N–H and O–H groups in total. The van der Waals surface area contributed by atoms with Crippen LogP contribution >= 0.6 is 0 Å². The van der Waals surface area contributed by atoms with Crippen molar-refractivity contribution in [2.24, 2.45) is 9.98 Å². The number of carbonyl (C=O) groups is 2. The van der Waals surface area contributed by atoms with Crippen molar-refractivity contribution in [2.75, 3.05) is 0 Å². The van der Waals surface area contributed by atoms with Gasteiger partial charge in [0, 0.05) is 0 Å². The molecule has 90 valence electrons. The lowest BCUT2D eigenvalue weighted by atomic mass is 10.3. The molecule has 0 unspecified atom stereocenters. The molecule has 0 aromatic heterocycles. The van der Waals surface area contributed by atoms with Gasteiger partial charge in [0.2, 0.25) is 0 Å². The molecule has 0 spiro atoms. The first-order valence-corrected chi connectivity index (χ1v) is 4.17. The van der Waals surface area contributed by atoms with Crippen molar-refractivity contribution in [3.05, 3.63) is 35.0 Å². The number of halogens is 3. The zero-order valence-electron chi connectivity index (χ0n) is 8.10. The molecule has 1 aromatic carbocycles. The molecular formula is C9H5F3N2O3. The number of hydrogen-bond donors (Lipinski definition) is 1. The fourth-order valence-corrected chi connectivity index (χ4v) is 0.884. The Balaban J connectivity index is 0.000000185. The molecule has 1 aromatic rings. The van der Waals surface area contributed by atoms with Gasteiger partial charge >= 0.3 is 18.2 Å². The third-order valence-corrected chi connectivity index (χ3v) is 1.56. The summed E-state index contributed by atoms with van der Waals surface area (Å²) >= 11 is 0. The Kier molecular flexibility index (Phi) is 3.56. The lowest BCUT2D eigenvalue weighted by molar-refractivity contribution is -0.192. The molecule has 17 heavy (non-hydrogen) atoms. The van der Waals surface area contributed by atoms with Crippen molar-refractivity contribution in [3.8, 4) is 0 Å². The third kappa shape index (κ3) is 3.67. The second kappa shape index (κ2) is 4.73. The molecule has 1 aliphatic rings. The Morgan fingerprint density at radius 1 is 1.12 bits per heavy atom. The predicted octanol–water partition coefficient (Wildman–Crippen LogP) is 0.693. The fourth-order valence-electron chi connectivity index (χ4n) is 0.884. The summed E-state index contributed by atoms with van der Waals surface area (Å²) in [6, 6.07) is 6.79. The van der Waals surface area contributed by atoms with Crippen LogP contribution in [0.3, 0.4) is 0 Å². The average Bonchev–Trinajstić information content (AvgIpc) is 2.57. The summed E-state index contributed by atoms with van der Waals surface area (Å²) in [5.74, 6) is -2.76. The number of carbonyl (C=O) groups excluding carboxylic acids is 1. The first-order valence-electron chi connectivity index (χ1n) is 4.17. The molecule has 0 fully saturated rings. The summed E-state index contributed by atoms with van der Waals surface area (Å²) in [4.78, 5) is 26.8. The summed E-state index contributed by atoms with van der Waals surface area (Å²) in [6.07, 6.45) is -5.08. The number of nitrogens with zero attached hydrogens (tertiary/aromatic N) is 2. The first kappa shape index (κ1) is 12.8. The number of benzene rings is 1. The number of fused-ring (bicyclic) bond motifs is 1. The number of hydrogen-bond acceptors (Lipinski definition) is 2. The Bertz CT molecular complexity index is 529. The Morgan fingerprint density at radius 3 is 1.76 bits per heavy atom. The van der Waals surface area contributed by atoms with E-state index in [4.69, 9.17) is 9.90 Å². The molecular weight excluding hydrogens is 241 g/mol. The van der Waals surface area contributed by atoms with Gasteiger partial charge in [0.15, 0.2) is 0 Å². The number of aliphatic carboxylic acids is 1. The van der Waals surface area contributed by atoms with Gasteiger partial charge < -0.3 is 5.11 Å². The van der Waals surface area contributed by atoms with Crippen LogP contribution in [-0.2, 0) is 4.79 Å². The summed E-state index contributed by atoms with van der Waals surface area (Å²) < 4.78 is 31.7. The van der Waals surface area contributed by atoms with E-state index in [0.717, 1.165) is 0 Å². The second-order valence-corrected chi connectivity index (χ2v) is 2.80. The van der Waals surface area contributed by atoms with Crippen LogP contribution in [0.4, 0.5) is 18.0 Å². The molecule has 0 saturated carbocycles. The van der Waals surface area contributed by atoms with Crippen LogP contribution in [0, 0.1) is 0 Å². The largest absolute Gasteiger partial charge is 0.490 e. The van der Waals surface area contributed by atoms with Crippen molar-refractivity contribution in [2.45, 2.75) is 6.18 Å². The van der Waals surface area contributed by atoms with Crippen molar-refractivity contribution < 1.29 is 27.9 Å². The monoisotopic (exact) mass is 246 g/mol. The average molecular weight is 246 g/mol. The van der Waals surface area contributed by atoms with Gasteiger partial charge in [-0.1, -0.05) is 12.1 Å². The van der Waals surface area contributed by atoms with Gasteiger partial charge in [0.1, 0.15) is 0 Å². The van der Waals surface area contributed by atoms with Gasteiger partial charge in [-0.25, -0.2) is 9.59 Å². The maximum absolute atomic E-state index is 10.6. The van der Waals surface area contributed by atoms with Crippen LogP contribution in [0.5, 0.6) is 0 Å². The normalized spacial score (nSPS) is 12.8. The lowest BCUT2D eigenvalue weighted by Crippen LogP contribution is -2.21. The minimum Gasteiger partial charge on any atom is -0.475 e. The minimum atomic E-state index is -5.08. The number of amides is 2. The van der Waals surface area contributed by atoms with Crippen molar-refractivity contribution >= 4 is 12.0 Å². The highest BCUT2D eigenvalue weighted by molar-refractivity contribution is 5.77. The van der Waals surface area contributed by atoms with Crippen LogP contribution < -0.4 is 10.7 Å². The van der Waals surface area contributed by atoms with Crippen LogP contribution in [0.25, 0.3) is 0 Å². The van der Waals surface area contributed by atoms with Gasteiger partial charge in [0.25, 0.3) is 0 Å². The fraction of sp³-hybridized carbons (Fsp3) is 0.111. The van der Waals surface area contributed by atoms with Crippen LogP contribution in [0.2, 0.25) is 0 Å². The zero-order valence-corrected chi connectivity index (χ0v) is 8.10. The summed E-state index contributed by atoms with van der Waals surface area (Å²) in [5.41, 5.74) is 0. The smallest absolute Gasteiger partial charge is 0.475 e. The van der Waals surface area contributed by atoms with E-state index in [9.17, 15) is 18.0 Å². The van der Waals surface area contributed by atoms with Crippen molar-refractivity contribution in [1.29, 1.82) is 0 Å². The number of carboxylic acids is 1. The van der Waals surface area contributed by atoms with Crippen LogP contribution in [0.1, 0.15) is 0 Å². The highest BCUT2D eigenvalue weighted by Gasteiger charge is 2.38. The molecule has 8 heteroatoms. The van der Waals surface area contributed by atoms with Gasteiger partial charge in [0.05, 0.1) is 10.7 Å². The van der Waals surface area contributed by atoms with Crippen LogP contribution in [0.15, 0.2) is 34.3 Å². The van der Waals surface area contributed by atoms with Gasteiger partial charge in [-0.15, -0.1) is 0 Å². The van der Waals surface area contributed by atoms with E-state index < -0.39 is 18.2 Å². The van der Waals surface area contributed by atoms with E-state index in [1.807, 2.05) is 12.1 Å². The SMILES string of the molecule is O=C(O)C(F)(F)F.O=C1N=c2ccccc2=N1. The number of urea groups is 1. The highest BCUT2D eigenvalue weighted by atomic mass is 19.4. The van der Waals surface area contributed by atoms with E-state index in [-0.39, 0.29) is 0 Å². The third-order valence-electron chi connectivity index (χ3n) is 1.56. The van der Waals surface area contributed by atoms with E-state index in [1.165, 1.54) is 0 Å². The molecule has 5 nitrogen and oxygen atoms in total. The number of alkyl halides is 3. The first-order chi connectivity index (χ1) is 7.80. The number of rotatable bonds is 0. The van der Waals surface area contributed by atoms with E-state index >= 15 is 0 Å². The summed E-state index contributed by atoms with van der Waals surface area (Å²) in [5, 5.41) is 8.47. The Labute approximate surface area is 91.9 Å². The van der Waals surface area contributed by atoms with E-state index in [2.05, 4.69) is 9.98 Å². The maximum Gasteiger partial charge on any atom is 0.490 e. The second-order valence-electron chi connectivity index (χ2n) is 2.80.